The third-order valence-electron chi connectivity index (χ3n) is 3.35. The van der Waals surface area contributed by atoms with Crippen molar-refractivity contribution in [3.63, 3.8) is 0 Å². The van der Waals surface area contributed by atoms with Crippen LogP contribution in [0.1, 0.15) is 21.5 Å². The van der Waals surface area contributed by atoms with Crippen molar-refractivity contribution in [1.29, 1.82) is 0 Å². The fraction of sp³-hybridized carbons (Fsp3) is 0.235. The van der Waals surface area contributed by atoms with Crippen molar-refractivity contribution in [2.75, 3.05) is 13.2 Å². The fourth-order valence-electron chi connectivity index (χ4n) is 2.16. The second kappa shape index (κ2) is 7.13. The number of aliphatic hydroxyl groups excluding tert-OH is 1. The number of aryl methyl sites for hydroxylation is 1. The van der Waals surface area contributed by atoms with Crippen molar-refractivity contribution in [2.24, 2.45) is 0 Å². The van der Waals surface area contributed by atoms with E-state index < -0.39 is 17.5 Å². The third-order valence-corrected chi connectivity index (χ3v) is 3.35. The molecule has 5 heteroatoms. The number of aliphatic hydroxyl groups is 1. The van der Waals surface area contributed by atoms with Crippen LogP contribution in [-0.2, 0) is 6.54 Å². The molecule has 0 unspecified atom stereocenters. The van der Waals surface area contributed by atoms with Crippen molar-refractivity contribution < 1.29 is 18.7 Å². The Morgan fingerprint density at radius 2 is 1.82 bits per heavy atom. The van der Waals surface area contributed by atoms with Crippen LogP contribution in [0.2, 0.25) is 0 Å². The lowest BCUT2D eigenvalue weighted by molar-refractivity contribution is 0.0702. The molecule has 0 spiro atoms. The second-order valence-electron chi connectivity index (χ2n) is 5.02. The maximum Gasteiger partial charge on any atom is 0.257 e. The normalized spacial score (nSPS) is 10.5. The van der Waals surface area contributed by atoms with Crippen LogP contribution < -0.4 is 0 Å². The molecule has 2 aromatic carbocycles. The highest BCUT2D eigenvalue weighted by Gasteiger charge is 2.21. The molecule has 0 bridgehead atoms. The molecule has 22 heavy (non-hydrogen) atoms. The number of amides is 1. The van der Waals surface area contributed by atoms with Gasteiger partial charge in [0.05, 0.1) is 12.2 Å². The monoisotopic (exact) mass is 305 g/mol. The van der Waals surface area contributed by atoms with Crippen LogP contribution >= 0.6 is 0 Å². The van der Waals surface area contributed by atoms with Gasteiger partial charge in [-0.1, -0.05) is 30.3 Å². The van der Waals surface area contributed by atoms with Crippen LogP contribution in [-0.4, -0.2) is 29.1 Å². The molecule has 0 radical (unpaired) electrons. The molecule has 0 aliphatic rings. The molecule has 3 nitrogen and oxygen atoms in total. The third kappa shape index (κ3) is 3.68. The van der Waals surface area contributed by atoms with E-state index in [2.05, 4.69) is 0 Å². The van der Waals surface area contributed by atoms with Crippen LogP contribution in [0.15, 0.2) is 42.5 Å². The smallest absolute Gasteiger partial charge is 0.257 e. The molecule has 0 heterocycles. The summed E-state index contributed by atoms with van der Waals surface area (Å²) in [6, 6.07) is 11.0. The molecule has 0 fully saturated rings. The van der Waals surface area contributed by atoms with Crippen molar-refractivity contribution in [1.82, 2.24) is 4.90 Å². The van der Waals surface area contributed by atoms with Crippen LogP contribution in [0.5, 0.6) is 0 Å². The standard InChI is InChI=1S/C17H17F2NO2/c1-12-9-16(19)14(10-15(12)18)17(22)20(7-8-21)11-13-5-3-2-4-6-13/h2-6,9-10,21H,7-8,11H2,1H3. The Balaban J connectivity index is 2.28. The Morgan fingerprint density at radius 1 is 1.14 bits per heavy atom. The quantitative estimate of drug-likeness (QED) is 0.922. The first kappa shape index (κ1) is 16.1. The number of benzene rings is 2. The van der Waals surface area contributed by atoms with Gasteiger partial charge in [-0.2, -0.15) is 0 Å². The van der Waals surface area contributed by atoms with Crippen LogP contribution in [0.25, 0.3) is 0 Å². The first-order chi connectivity index (χ1) is 10.5. The highest BCUT2D eigenvalue weighted by atomic mass is 19.1. The van der Waals surface area contributed by atoms with Crippen LogP contribution in [0, 0.1) is 18.6 Å². The Hall–Kier alpha value is -2.27. The van der Waals surface area contributed by atoms with Gasteiger partial charge in [0.15, 0.2) is 0 Å². The molecule has 2 rings (SSSR count). The van der Waals surface area contributed by atoms with Gasteiger partial charge < -0.3 is 10.0 Å². The Labute approximate surface area is 127 Å². The van der Waals surface area contributed by atoms with Crippen molar-refractivity contribution in [2.45, 2.75) is 13.5 Å². The molecule has 0 atom stereocenters. The van der Waals surface area contributed by atoms with Crippen molar-refractivity contribution in [3.05, 3.63) is 70.8 Å². The minimum Gasteiger partial charge on any atom is -0.395 e. The summed E-state index contributed by atoms with van der Waals surface area (Å²) in [5.41, 5.74) is 0.663. The summed E-state index contributed by atoms with van der Waals surface area (Å²) in [4.78, 5) is 13.7. The van der Waals surface area contributed by atoms with E-state index in [1.165, 1.54) is 11.8 Å². The molecule has 116 valence electrons. The lowest BCUT2D eigenvalue weighted by Gasteiger charge is -2.22. The van der Waals surface area contributed by atoms with Gasteiger partial charge in [0.25, 0.3) is 5.91 Å². The molecule has 0 saturated carbocycles. The number of carbonyl (C=O) groups excluding carboxylic acids is 1. The Morgan fingerprint density at radius 3 is 2.45 bits per heavy atom. The lowest BCUT2D eigenvalue weighted by Crippen LogP contribution is -2.33. The van der Waals surface area contributed by atoms with E-state index in [1.807, 2.05) is 30.3 Å². The van der Waals surface area contributed by atoms with Crippen molar-refractivity contribution >= 4 is 5.91 Å². The minimum atomic E-state index is -0.764. The van der Waals surface area contributed by atoms with E-state index in [1.54, 1.807) is 0 Å². The van der Waals surface area contributed by atoms with E-state index in [0.29, 0.717) is 0 Å². The molecule has 1 amide bonds. The Bertz CT molecular complexity index is 659. The number of carbonyl (C=O) groups is 1. The largest absolute Gasteiger partial charge is 0.395 e. The topological polar surface area (TPSA) is 40.5 Å². The summed E-state index contributed by atoms with van der Waals surface area (Å²) in [6.07, 6.45) is 0. The molecule has 0 aliphatic carbocycles. The molecule has 0 aromatic heterocycles. The van der Waals surface area contributed by atoms with Gasteiger partial charge in [-0.15, -0.1) is 0 Å². The highest BCUT2D eigenvalue weighted by molar-refractivity contribution is 5.94. The summed E-state index contributed by atoms with van der Waals surface area (Å²) < 4.78 is 27.6. The first-order valence-corrected chi connectivity index (χ1v) is 6.92. The zero-order chi connectivity index (χ0) is 16.1. The summed E-state index contributed by atoms with van der Waals surface area (Å²) in [6.45, 7) is 1.44. The minimum absolute atomic E-state index is 0.0443. The van der Waals surface area contributed by atoms with E-state index >= 15 is 0 Å². The molecule has 0 aliphatic heterocycles. The van der Waals surface area contributed by atoms with Gasteiger partial charge in [0, 0.05) is 13.1 Å². The number of hydrogen-bond acceptors (Lipinski definition) is 2. The number of hydrogen-bond donors (Lipinski definition) is 1. The van der Waals surface area contributed by atoms with Crippen LogP contribution in [0.3, 0.4) is 0 Å². The summed E-state index contributed by atoms with van der Waals surface area (Å²) in [7, 11) is 0. The summed E-state index contributed by atoms with van der Waals surface area (Å²) in [5, 5.41) is 9.12. The molecule has 2 aromatic rings. The van der Waals surface area contributed by atoms with E-state index in [-0.39, 0.29) is 30.8 Å². The Kier molecular flexibility index (Phi) is 5.22. The van der Waals surface area contributed by atoms with Gasteiger partial charge in [-0.05, 0) is 30.2 Å². The van der Waals surface area contributed by atoms with Gasteiger partial charge in [0.2, 0.25) is 0 Å². The van der Waals surface area contributed by atoms with Crippen molar-refractivity contribution in [3.8, 4) is 0 Å². The highest BCUT2D eigenvalue weighted by Crippen LogP contribution is 2.17. The molecule has 1 N–H and O–H groups in total. The van der Waals surface area contributed by atoms with E-state index in [9.17, 15) is 13.6 Å². The summed E-state index contributed by atoms with van der Waals surface area (Å²) in [5.74, 6) is -2.04. The zero-order valence-electron chi connectivity index (χ0n) is 12.2. The zero-order valence-corrected chi connectivity index (χ0v) is 12.2. The fourth-order valence-corrected chi connectivity index (χ4v) is 2.16. The van der Waals surface area contributed by atoms with E-state index in [4.69, 9.17) is 5.11 Å². The molecule has 0 saturated heterocycles. The maximum absolute atomic E-state index is 13.9. The number of halogens is 2. The average molecular weight is 305 g/mol. The van der Waals surface area contributed by atoms with Crippen LogP contribution in [0.4, 0.5) is 8.78 Å². The SMILES string of the molecule is Cc1cc(F)c(C(=O)N(CCO)Cc2ccccc2)cc1F. The van der Waals surface area contributed by atoms with Gasteiger partial charge in [-0.3, -0.25) is 4.79 Å². The lowest BCUT2D eigenvalue weighted by atomic mass is 10.1. The van der Waals surface area contributed by atoms with Gasteiger partial charge in [0.1, 0.15) is 11.6 Å². The predicted octanol–water partition coefficient (Wildman–Crippen LogP) is 2.91. The number of nitrogens with zero attached hydrogens (tertiary/aromatic N) is 1. The first-order valence-electron chi connectivity index (χ1n) is 6.92. The molecular weight excluding hydrogens is 288 g/mol. The predicted molar refractivity (Wildman–Crippen MR) is 79.4 cm³/mol. The second-order valence-corrected chi connectivity index (χ2v) is 5.02. The molecular formula is C17H17F2NO2. The summed E-state index contributed by atoms with van der Waals surface area (Å²) >= 11 is 0. The maximum atomic E-state index is 13.9. The van der Waals surface area contributed by atoms with Gasteiger partial charge >= 0.3 is 0 Å². The number of rotatable bonds is 5. The average Bonchev–Trinajstić information content (AvgIpc) is 2.51. The van der Waals surface area contributed by atoms with Gasteiger partial charge in [-0.25, -0.2) is 8.78 Å². The van der Waals surface area contributed by atoms with E-state index in [0.717, 1.165) is 17.7 Å².